The first-order chi connectivity index (χ1) is 13.3. The van der Waals surface area contributed by atoms with Crippen LogP contribution in [0.5, 0.6) is 0 Å². The molecule has 1 N–H and O–H groups in total. The third-order valence-corrected chi connectivity index (χ3v) is 5.36. The van der Waals surface area contributed by atoms with Crippen molar-refractivity contribution >= 4 is 44.3 Å². The van der Waals surface area contributed by atoms with Crippen LogP contribution in [-0.2, 0) is 4.74 Å². The zero-order valence-electron chi connectivity index (χ0n) is 14.7. The first-order valence-corrected chi connectivity index (χ1v) is 9.53. The molecule has 0 bridgehead atoms. The number of thiazole rings is 1. The summed E-state index contributed by atoms with van der Waals surface area (Å²) < 4.78 is 33.2. The Balaban J connectivity index is 2.04. The van der Waals surface area contributed by atoms with Crippen LogP contribution in [0.25, 0.3) is 10.4 Å². The molecule has 2 aromatic carbocycles. The summed E-state index contributed by atoms with van der Waals surface area (Å²) in [5.41, 5.74) is 0.857. The van der Waals surface area contributed by atoms with Gasteiger partial charge in [0, 0.05) is 4.47 Å². The van der Waals surface area contributed by atoms with Crippen molar-refractivity contribution in [2.45, 2.75) is 6.92 Å². The summed E-state index contributed by atoms with van der Waals surface area (Å²) >= 11 is 4.39. The van der Waals surface area contributed by atoms with Crippen molar-refractivity contribution in [3.05, 3.63) is 69.3 Å². The first kappa shape index (κ1) is 20.1. The Hall–Kier alpha value is -2.65. The van der Waals surface area contributed by atoms with Crippen LogP contribution in [0.4, 0.5) is 13.9 Å². The van der Waals surface area contributed by atoms with E-state index < -0.39 is 29.1 Å². The lowest BCUT2D eigenvalue weighted by Gasteiger charge is -2.05. The van der Waals surface area contributed by atoms with E-state index in [0.29, 0.717) is 10.4 Å². The number of esters is 1. The normalized spacial score (nSPS) is 10.6. The highest BCUT2D eigenvalue weighted by Crippen LogP contribution is 2.37. The second kappa shape index (κ2) is 8.15. The van der Waals surface area contributed by atoms with Crippen LogP contribution in [0.3, 0.4) is 0 Å². The molecule has 144 valence electrons. The molecule has 0 atom stereocenters. The van der Waals surface area contributed by atoms with Crippen molar-refractivity contribution in [3.63, 3.8) is 0 Å². The van der Waals surface area contributed by atoms with Gasteiger partial charge in [0.1, 0.15) is 17.2 Å². The lowest BCUT2D eigenvalue weighted by Crippen LogP contribution is -2.16. The maximum atomic E-state index is 13.8. The van der Waals surface area contributed by atoms with Gasteiger partial charge in [0.25, 0.3) is 5.91 Å². The summed E-state index contributed by atoms with van der Waals surface area (Å²) in [6, 6.07) is 8.63. The molecule has 0 aliphatic rings. The summed E-state index contributed by atoms with van der Waals surface area (Å²) in [5, 5.41) is 2.37. The van der Waals surface area contributed by atoms with E-state index in [2.05, 4.69) is 26.2 Å². The van der Waals surface area contributed by atoms with E-state index in [1.54, 1.807) is 6.07 Å². The van der Waals surface area contributed by atoms with Crippen LogP contribution in [-0.4, -0.2) is 24.0 Å². The minimum absolute atomic E-state index is 0.00185. The average molecular weight is 467 g/mol. The lowest BCUT2D eigenvalue weighted by atomic mass is 10.1. The van der Waals surface area contributed by atoms with Crippen molar-refractivity contribution in [1.29, 1.82) is 0 Å². The molecule has 0 radical (unpaired) electrons. The van der Waals surface area contributed by atoms with Crippen molar-refractivity contribution in [2.24, 2.45) is 0 Å². The van der Waals surface area contributed by atoms with Gasteiger partial charge in [-0.05, 0) is 42.3 Å². The average Bonchev–Trinajstić information content (AvgIpc) is 3.06. The number of nitrogens with one attached hydrogen (secondary N) is 1. The fraction of sp³-hybridized carbons (Fsp3) is 0.105. The molecule has 1 aromatic heterocycles. The summed E-state index contributed by atoms with van der Waals surface area (Å²) in [4.78, 5) is 29.1. The minimum Gasteiger partial charge on any atom is -0.464 e. The van der Waals surface area contributed by atoms with Gasteiger partial charge in [0.2, 0.25) is 0 Å². The van der Waals surface area contributed by atoms with Crippen molar-refractivity contribution in [3.8, 4) is 10.4 Å². The number of amides is 1. The minimum atomic E-state index is -1.00. The number of methoxy groups -OCH3 is 1. The third-order valence-electron chi connectivity index (χ3n) is 3.86. The molecule has 0 aliphatic carbocycles. The number of aryl methyl sites for hydroxylation is 1. The Labute approximate surface area is 171 Å². The van der Waals surface area contributed by atoms with Crippen LogP contribution in [0.15, 0.2) is 40.9 Å². The summed E-state index contributed by atoms with van der Waals surface area (Å²) in [7, 11) is 1.21. The van der Waals surface area contributed by atoms with Gasteiger partial charge in [-0.2, -0.15) is 0 Å². The predicted octanol–water partition coefficient (Wildman–Crippen LogP) is 5.20. The number of nitrogens with zero attached hydrogens (tertiary/aromatic N) is 1. The highest BCUT2D eigenvalue weighted by atomic mass is 79.9. The number of carbonyl (C=O) groups is 2. The Morgan fingerprint density at radius 3 is 2.50 bits per heavy atom. The molecule has 9 heteroatoms. The molecule has 1 heterocycles. The van der Waals surface area contributed by atoms with Gasteiger partial charge < -0.3 is 4.74 Å². The van der Waals surface area contributed by atoms with Gasteiger partial charge in [-0.25, -0.2) is 18.6 Å². The van der Waals surface area contributed by atoms with Crippen molar-refractivity contribution < 1.29 is 23.1 Å². The SMILES string of the molecule is COC(=O)c1nc(NC(=O)c2c(F)cccc2F)sc1-c1cc(Br)ccc1C. The molecule has 28 heavy (non-hydrogen) atoms. The molecule has 3 rings (SSSR count). The third kappa shape index (κ3) is 3.95. The quantitative estimate of drug-likeness (QED) is 0.536. The van der Waals surface area contributed by atoms with Gasteiger partial charge in [-0.1, -0.05) is 39.4 Å². The molecular formula is C19H13BrF2N2O3S. The molecule has 0 saturated carbocycles. The topological polar surface area (TPSA) is 68.3 Å². The molecule has 0 saturated heterocycles. The van der Waals surface area contributed by atoms with E-state index in [9.17, 15) is 18.4 Å². The molecule has 0 unspecified atom stereocenters. The largest absolute Gasteiger partial charge is 0.464 e. The summed E-state index contributed by atoms with van der Waals surface area (Å²) in [6.07, 6.45) is 0. The van der Waals surface area contributed by atoms with Crippen molar-refractivity contribution in [2.75, 3.05) is 12.4 Å². The maximum absolute atomic E-state index is 13.8. The molecule has 3 aromatic rings. The lowest BCUT2D eigenvalue weighted by molar-refractivity contribution is 0.0595. The number of benzene rings is 2. The van der Waals surface area contributed by atoms with Crippen LogP contribution < -0.4 is 5.32 Å². The maximum Gasteiger partial charge on any atom is 0.358 e. The summed E-state index contributed by atoms with van der Waals surface area (Å²) in [5.74, 6) is -3.68. The second-order valence-electron chi connectivity index (χ2n) is 5.70. The van der Waals surface area contributed by atoms with Crippen LogP contribution in [0.2, 0.25) is 0 Å². The van der Waals surface area contributed by atoms with Gasteiger partial charge in [-0.3, -0.25) is 10.1 Å². The van der Waals surface area contributed by atoms with E-state index in [0.717, 1.165) is 39.6 Å². The number of hydrogen-bond donors (Lipinski definition) is 1. The molecular weight excluding hydrogens is 454 g/mol. The Kier molecular flexibility index (Phi) is 5.85. The van der Waals surface area contributed by atoms with Crippen LogP contribution in [0, 0.1) is 18.6 Å². The van der Waals surface area contributed by atoms with Gasteiger partial charge in [0.15, 0.2) is 10.8 Å². The van der Waals surface area contributed by atoms with E-state index >= 15 is 0 Å². The molecule has 0 spiro atoms. The second-order valence-corrected chi connectivity index (χ2v) is 7.61. The Morgan fingerprint density at radius 2 is 1.86 bits per heavy atom. The predicted molar refractivity (Wildman–Crippen MR) is 106 cm³/mol. The standard InChI is InChI=1S/C19H13BrF2N2O3S/c1-9-6-7-10(20)8-11(9)16-15(18(26)27-2)23-19(28-16)24-17(25)14-12(21)4-3-5-13(14)22/h3-8H,1-2H3,(H,23,24,25). The zero-order valence-corrected chi connectivity index (χ0v) is 17.1. The van der Waals surface area contributed by atoms with Crippen LogP contribution >= 0.6 is 27.3 Å². The Bertz CT molecular complexity index is 1060. The fourth-order valence-electron chi connectivity index (χ4n) is 2.50. The smallest absolute Gasteiger partial charge is 0.358 e. The highest BCUT2D eigenvalue weighted by molar-refractivity contribution is 9.10. The molecule has 0 aliphatic heterocycles. The number of hydrogen-bond acceptors (Lipinski definition) is 5. The molecule has 1 amide bonds. The van der Waals surface area contributed by atoms with Crippen LogP contribution in [0.1, 0.15) is 26.4 Å². The number of anilines is 1. The first-order valence-electron chi connectivity index (χ1n) is 7.93. The molecule has 5 nitrogen and oxygen atoms in total. The van der Waals surface area contributed by atoms with E-state index in [4.69, 9.17) is 4.74 Å². The highest BCUT2D eigenvalue weighted by Gasteiger charge is 2.24. The van der Waals surface area contributed by atoms with E-state index in [1.165, 1.54) is 7.11 Å². The monoisotopic (exact) mass is 466 g/mol. The van der Waals surface area contributed by atoms with Gasteiger partial charge in [0.05, 0.1) is 12.0 Å². The Morgan fingerprint density at radius 1 is 1.18 bits per heavy atom. The number of carbonyl (C=O) groups excluding carboxylic acids is 2. The number of ether oxygens (including phenoxy) is 1. The summed E-state index contributed by atoms with van der Waals surface area (Å²) in [6.45, 7) is 1.86. The number of aromatic nitrogens is 1. The molecule has 0 fully saturated rings. The van der Waals surface area contributed by atoms with E-state index in [-0.39, 0.29) is 10.8 Å². The zero-order chi connectivity index (χ0) is 20.4. The number of rotatable bonds is 4. The van der Waals surface area contributed by atoms with Crippen molar-refractivity contribution in [1.82, 2.24) is 4.98 Å². The van der Waals surface area contributed by atoms with Gasteiger partial charge in [-0.15, -0.1) is 0 Å². The number of halogens is 3. The van der Waals surface area contributed by atoms with E-state index in [1.807, 2.05) is 19.1 Å². The fourth-order valence-corrected chi connectivity index (χ4v) is 3.89. The van der Waals surface area contributed by atoms with Gasteiger partial charge >= 0.3 is 5.97 Å².